The first-order chi connectivity index (χ1) is 12.2. The topological polar surface area (TPSA) is 0 Å². The summed E-state index contributed by atoms with van der Waals surface area (Å²) >= 11 is 0. The van der Waals surface area contributed by atoms with E-state index in [9.17, 15) is 8.78 Å². The lowest BCUT2D eigenvalue weighted by Gasteiger charge is -2.38. The lowest BCUT2D eigenvalue weighted by molar-refractivity contribution is 0.155. The molecule has 2 saturated carbocycles. The average Bonchev–Trinajstić information content (AvgIpc) is 2.65. The van der Waals surface area contributed by atoms with Gasteiger partial charge in [-0.15, -0.1) is 0 Å². The van der Waals surface area contributed by atoms with E-state index in [4.69, 9.17) is 0 Å². The zero-order chi connectivity index (χ0) is 17.6. The van der Waals surface area contributed by atoms with Crippen molar-refractivity contribution in [2.24, 2.45) is 17.8 Å². The molecule has 2 aliphatic carbocycles. The van der Waals surface area contributed by atoms with Crippen LogP contribution in [0.4, 0.5) is 8.78 Å². The third-order valence-electron chi connectivity index (χ3n) is 6.96. The van der Waals surface area contributed by atoms with E-state index in [0.29, 0.717) is 5.92 Å². The maximum absolute atomic E-state index is 13.5. The van der Waals surface area contributed by atoms with Gasteiger partial charge in [0.15, 0.2) is 11.6 Å². The molecule has 3 rings (SSSR count). The Morgan fingerprint density at radius 2 is 1.44 bits per heavy atom. The Morgan fingerprint density at radius 3 is 2.04 bits per heavy atom. The van der Waals surface area contributed by atoms with Crippen LogP contribution in [0.3, 0.4) is 0 Å². The predicted octanol–water partition coefficient (Wildman–Crippen LogP) is 7.63. The van der Waals surface area contributed by atoms with E-state index in [0.717, 1.165) is 36.2 Å². The molecule has 0 nitrogen and oxygen atoms in total. The monoisotopic (exact) mass is 348 g/mol. The molecule has 2 fully saturated rings. The minimum atomic E-state index is -0.729. The Kier molecular flexibility index (Phi) is 6.90. The number of hydrogen-bond donors (Lipinski definition) is 0. The van der Waals surface area contributed by atoms with Crippen molar-refractivity contribution in [3.8, 4) is 0 Å². The van der Waals surface area contributed by atoms with Crippen LogP contribution in [0.15, 0.2) is 18.2 Å². The van der Waals surface area contributed by atoms with E-state index in [1.54, 1.807) is 6.07 Å². The molecule has 0 radical (unpaired) electrons. The quantitative estimate of drug-likeness (QED) is 0.464. The summed E-state index contributed by atoms with van der Waals surface area (Å²) in [4.78, 5) is 0. The second-order valence-electron chi connectivity index (χ2n) is 8.56. The molecule has 0 unspecified atom stereocenters. The highest BCUT2D eigenvalue weighted by Gasteiger charge is 2.31. The average molecular weight is 349 g/mol. The van der Waals surface area contributed by atoms with E-state index in [2.05, 4.69) is 6.92 Å². The number of benzene rings is 1. The van der Waals surface area contributed by atoms with Crippen LogP contribution in [0.2, 0.25) is 0 Å². The SMILES string of the molecule is CCCCC[C@H]1CC[C@H](C2CCC(c3ccc(F)c(F)c3)CC2)CC1. The zero-order valence-electron chi connectivity index (χ0n) is 15.8. The molecule has 0 atom stereocenters. The Labute approximate surface area is 152 Å². The summed E-state index contributed by atoms with van der Waals surface area (Å²) < 4.78 is 26.6. The Bertz CT molecular complexity index is 523. The van der Waals surface area contributed by atoms with Gasteiger partial charge in [-0.25, -0.2) is 8.78 Å². The highest BCUT2D eigenvalue weighted by molar-refractivity contribution is 5.22. The highest BCUT2D eigenvalue weighted by Crippen LogP contribution is 2.44. The number of unbranched alkanes of at least 4 members (excludes halogenated alkanes) is 2. The van der Waals surface area contributed by atoms with Crippen molar-refractivity contribution in [2.45, 2.75) is 89.9 Å². The molecule has 0 spiro atoms. The van der Waals surface area contributed by atoms with E-state index < -0.39 is 11.6 Å². The summed E-state index contributed by atoms with van der Waals surface area (Å²) in [6.45, 7) is 2.29. The van der Waals surface area contributed by atoms with Crippen LogP contribution < -0.4 is 0 Å². The smallest absolute Gasteiger partial charge is 0.159 e. The van der Waals surface area contributed by atoms with Crippen molar-refractivity contribution in [3.63, 3.8) is 0 Å². The fourth-order valence-corrected chi connectivity index (χ4v) is 5.32. The lowest BCUT2D eigenvalue weighted by Crippen LogP contribution is -2.25. The fourth-order valence-electron chi connectivity index (χ4n) is 5.32. The molecular weight excluding hydrogens is 314 g/mol. The summed E-state index contributed by atoms with van der Waals surface area (Å²) in [6.07, 6.45) is 16.2. The van der Waals surface area contributed by atoms with E-state index in [1.165, 1.54) is 76.3 Å². The van der Waals surface area contributed by atoms with E-state index in [1.807, 2.05) is 0 Å². The van der Waals surface area contributed by atoms with Crippen LogP contribution in [0.1, 0.15) is 95.5 Å². The number of halogens is 2. The second-order valence-corrected chi connectivity index (χ2v) is 8.56. The first-order valence-corrected chi connectivity index (χ1v) is 10.6. The molecule has 1 aromatic rings. The van der Waals surface area contributed by atoms with Crippen molar-refractivity contribution in [1.82, 2.24) is 0 Å². The third kappa shape index (κ3) is 5.05. The van der Waals surface area contributed by atoms with Gasteiger partial charge in [-0.1, -0.05) is 51.5 Å². The largest absolute Gasteiger partial charge is 0.204 e. The van der Waals surface area contributed by atoms with Gasteiger partial charge in [-0.3, -0.25) is 0 Å². The van der Waals surface area contributed by atoms with Gasteiger partial charge in [0, 0.05) is 0 Å². The fraction of sp³-hybridized carbons (Fsp3) is 0.739. The maximum Gasteiger partial charge on any atom is 0.159 e. The van der Waals surface area contributed by atoms with Gasteiger partial charge in [-0.2, -0.15) is 0 Å². The highest BCUT2D eigenvalue weighted by atomic mass is 19.2. The maximum atomic E-state index is 13.5. The molecule has 0 saturated heterocycles. The molecule has 0 bridgehead atoms. The van der Waals surface area contributed by atoms with Gasteiger partial charge in [-0.05, 0) is 79.9 Å². The summed E-state index contributed by atoms with van der Waals surface area (Å²) in [5, 5.41) is 0. The molecular formula is C23H34F2. The summed E-state index contributed by atoms with van der Waals surface area (Å²) in [6, 6.07) is 4.49. The molecule has 2 heteroatoms. The van der Waals surface area contributed by atoms with Crippen molar-refractivity contribution in [1.29, 1.82) is 0 Å². The predicted molar refractivity (Wildman–Crippen MR) is 101 cm³/mol. The molecule has 0 aliphatic heterocycles. The Balaban J connectivity index is 1.43. The van der Waals surface area contributed by atoms with Crippen LogP contribution in [0, 0.1) is 29.4 Å². The lowest BCUT2D eigenvalue weighted by atomic mass is 9.68. The zero-order valence-corrected chi connectivity index (χ0v) is 15.8. The van der Waals surface area contributed by atoms with Gasteiger partial charge in [0.25, 0.3) is 0 Å². The Morgan fingerprint density at radius 1 is 0.800 bits per heavy atom. The van der Waals surface area contributed by atoms with Crippen LogP contribution in [0.25, 0.3) is 0 Å². The number of hydrogen-bond acceptors (Lipinski definition) is 0. The van der Waals surface area contributed by atoms with E-state index >= 15 is 0 Å². The first-order valence-electron chi connectivity index (χ1n) is 10.6. The van der Waals surface area contributed by atoms with Gasteiger partial charge >= 0.3 is 0 Å². The second kappa shape index (κ2) is 9.14. The number of rotatable bonds is 6. The van der Waals surface area contributed by atoms with Crippen LogP contribution in [-0.2, 0) is 0 Å². The van der Waals surface area contributed by atoms with Crippen LogP contribution >= 0.6 is 0 Å². The molecule has 25 heavy (non-hydrogen) atoms. The first kappa shape index (κ1) is 18.9. The van der Waals surface area contributed by atoms with Crippen LogP contribution in [-0.4, -0.2) is 0 Å². The molecule has 0 aromatic heterocycles. The van der Waals surface area contributed by atoms with Crippen molar-refractivity contribution in [2.75, 3.05) is 0 Å². The molecule has 1 aromatic carbocycles. The minimum absolute atomic E-state index is 0.428. The standard InChI is InChI=1S/C23H34F2/c1-2-3-4-5-17-6-8-18(9-7-17)19-10-12-20(13-11-19)21-14-15-22(24)23(25)16-21/h14-20H,2-13H2,1H3/t17-,18-,19?,20?. The molecule has 0 amide bonds. The van der Waals surface area contributed by atoms with Gasteiger partial charge in [0.2, 0.25) is 0 Å². The summed E-state index contributed by atoms with van der Waals surface area (Å²) in [7, 11) is 0. The third-order valence-corrected chi connectivity index (χ3v) is 6.96. The van der Waals surface area contributed by atoms with Gasteiger partial charge in [0.05, 0.1) is 0 Å². The summed E-state index contributed by atoms with van der Waals surface area (Å²) in [5.41, 5.74) is 0.997. The normalized spacial score (nSPS) is 30.4. The molecule has 0 N–H and O–H groups in total. The molecule has 0 heterocycles. The minimum Gasteiger partial charge on any atom is -0.204 e. The van der Waals surface area contributed by atoms with Crippen molar-refractivity contribution < 1.29 is 8.78 Å². The molecule has 140 valence electrons. The van der Waals surface area contributed by atoms with Crippen molar-refractivity contribution in [3.05, 3.63) is 35.4 Å². The molecule has 2 aliphatic rings. The van der Waals surface area contributed by atoms with Crippen LogP contribution in [0.5, 0.6) is 0 Å². The summed E-state index contributed by atoms with van der Waals surface area (Å²) in [5.74, 6) is 1.79. The van der Waals surface area contributed by atoms with Gasteiger partial charge in [0.1, 0.15) is 0 Å². The Hall–Kier alpha value is -0.920. The van der Waals surface area contributed by atoms with Gasteiger partial charge < -0.3 is 0 Å². The van der Waals surface area contributed by atoms with Crippen molar-refractivity contribution >= 4 is 0 Å². The van der Waals surface area contributed by atoms with E-state index in [-0.39, 0.29) is 0 Å².